The Kier molecular flexibility index (Phi) is 3.51. The molecule has 0 unspecified atom stereocenters. The predicted octanol–water partition coefficient (Wildman–Crippen LogP) is 2.82. The number of rotatable bonds is 3. The van der Waals surface area contributed by atoms with E-state index in [2.05, 4.69) is 16.2 Å². The Labute approximate surface area is 113 Å². The molecule has 0 aromatic carbocycles. The molecule has 102 valence electrons. The molecule has 1 saturated carbocycles. The minimum atomic E-state index is 0.602. The number of H-pyrrole nitrogens is 1. The second kappa shape index (κ2) is 5.29. The lowest BCUT2D eigenvalue weighted by Gasteiger charge is -2.22. The van der Waals surface area contributed by atoms with Gasteiger partial charge in [-0.05, 0) is 38.3 Å². The maximum Gasteiger partial charge on any atom is 0.141 e. The fourth-order valence-corrected chi connectivity index (χ4v) is 3.27. The van der Waals surface area contributed by atoms with Gasteiger partial charge < -0.3 is 10.7 Å². The van der Waals surface area contributed by atoms with Crippen LogP contribution in [0.2, 0.25) is 0 Å². The van der Waals surface area contributed by atoms with Crippen LogP contribution >= 0.6 is 0 Å². The maximum atomic E-state index is 5.71. The van der Waals surface area contributed by atoms with E-state index in [0.29, 0.717) is 12.5 Å². The molecule has 1 aliphatic carbocycles. The van der Waals surface area contributed by atoms with Crippen molar-refractivity contribution in [2.75, 3.05) is 6.54 Å². The molecule has 2 heterocycles. The van der Waals surface area contributed by atoms with Gasteiger partial charge in [-0.2, -0.15) is 0 Å². The monoisotopic (exact) mass is 258 g/mol. The van der Waals surface area contributed by atoms with Crippen molar-refractivity contribution in [3.05, 3.63) is 23.3 Å². The minimum absolute atomic E-state index is 0.602. The summed E-state index contributed by atoms with van der Waals surface area (Å²) in [7, 11) is 0. The smallest absolute Gasteiger partial charge is 0.141 e. The summed E-state index contributed by atoms with van der Waals surface area (Å²) in [5, 5.41) is 1.24. The number of fused-ring (bicyclic) bond motifs is 1. The summed E-state index contributed by atoms with van der Waals surface area (Å²) < 4.78 is 0. The van der Waals surface area contributed by atoms with E-state index in [1.807, 2.05) is 6.92 Å². The van der Waals surface area contributed by atoms with Crippen molar-refractivity contribution in [1.82, 2.24) is 15.0 Å². The Morgan fingerprint density at radius 2 is 2.05 bits per heavy atom. The fraction of sp³-hybridized carbons (Fsp3) is 0.600. The molecule has 3 rings (SSSR count). The van der Waals surface area contributed by atoms with Crippen molar-refractivity contribution in [1.29, 1.82) is 0 Å². The van der Waals surface area contributed by atoms with E-state index in [-0.39, 0.29) is 0 Å². The zero-order chi connectivity index (χ0) is 13.2. The Hall–Kier alpha value is -1.42. The summed E-state index contributed by atoms with van der Waals surface area (Å²) >= 11 is 0. The Balaban J connectivity index is 2.11. The van der Waals surface area contributed by atoms with Gasteiger partial charge in [0.25, 0.3) is 0 Å². The van der Waals surface area contributed by atoms with E-state index in [1.54, 1.807) is 0 Å². The standard InChI is InChI=1S/C15H22N4/c1-10-18-14(11-5-3-2-4-6-11)13-12(7-8-16)9-17-15(13)19-10/h9,11H,2-8,16H2,1H3,(H,17,18,19). The highest BCUT2D eigenvalue weighted by Gasteiger charge is 2.22. The zero-order valence-corrected chi connectivity index (χ0v) is 11.6. The lowest BCUT2D eigenvalue weighted by molar-refractivity contribution is 0.438. The first-order valence-electron chi connectivity index (χ1n) is 7.34. The number of aromatic nitrogens is 3. The number of hydrogen-bond acceptors (Lipinski definition) is 3. The lowest BCUT2D eigenvalue weighted by Crippen LogP contribution is -2.10. The molecule has 4 heteroatoms. The highest BCUT2D eigenvalue weighted by atomic mass is 14.9. The predicted molar refractivity (Wildman–Crippen MR) is 77.2 cm³/mol. The normalized spacial score (nSPS) is 17.2. The summed E-state index contributed by atoms with van der Waals surface area (Å²) in [5.41, 5.74) is 9.23. The molecule has 0 amide bonds. The fourth-order valence-electron chi connectivity index (χ4n) is 3.27. The summed E-state index contributed by atoms with van der Waals surface area (Å²) in [6.45, 7) is 2.65. The van der Waals surface area contributed by atoms with Crippen LogP contribution < -0.4 is 5.73 Å². The minimum Gasteiger partial charge on any atom is -0.346 e. The van der Waals surface area contributed by atoms with E-state index in [0.717, 1.165) is 17.9 Å². The second-order valence-corrected chi connectivity index (χ2v) is 5.57. The Morgan fingerprint density at radius 3 is 2.79 bits per heavy atom. The number of nitrogens with two attached hydrogens (primary N) is 1. The first kappa shape index (κ1) is 12.6. The third-order valence-electron chi connectivity index (χ3n) is 4.16. The molecule has 0 aliphatic heterocycles. The van der Waals surface area contributed by atoms with Crippen LogP contribution in [0, 0.1) is 6.92 Å². The lowest BCUT2D eigenvalue weighted by atomic mass is 9.85. The maximum absolute atomic E-state index is 5.71. The van der Waals surface area contributed by atoms with Crippen molar-refractivity contribution in [2.45, 2.75) is 51.4 Å². The molecule has 0 bridgehead atoms. The molecule has 2 aromatic rings. The number of hydrogen-bond donors (Lipinski definition) is 2. The van der Waals surface area contributed by atoms with E-state index < -0.39 is 0 Å². The van der Waals surface area contributed by atoms with Gasteiger partial charge in [-0.25, -0.2) is 9.97 Å². The quantitative estimate of drug-likeness (QED) is 0.889. The summed E-state index contributed by atoms with van der Waals surface area (Å²) in [6.07, 6.45) is 9.49. The van der Waals surface area contributed by atoms with Gasteiger partial charge in [0.05, 0.1) is 5.69 Å². The molecule has 0 spiro atoms. The Morgan fingerprint density at radius 1 is 1.26 bits per heavy atom. The van der Waals surface area contributed by atoms with Crippen LogP contribution in [0.5, 0.6) is 0 Å². The summed E-state index contributed by atoms with van der Waals surface area (Å²) in [5.74, 6) is 1.47. The highest BCUT2D eigenvalue weighted by molar-refractivity contribution is 5.83. The van der Waals surface area contributed by atoms with Gasteiger partial charge in [0, 0.05) is 17.5 Å². The molecular formula is C15H22N4. The number of aryl methyl sites for hydroxylation is 1. The van der Waals surface area contributed by atoms with Gasteiger partial charge in [0.2, 0.25) is 0 Å². The van der Waals surface area contributed by atoms with Crippen molar-refractivity contribution < 1.29 is 0 Å². The van der Waals surface area contributed by atoms with Crippen molar-refractivity contribution in [3.63, 3.8) is 0 Å². The van der Waals surface area contributed by atoms with Gasteiger partial charge in [-0.1, -0.05) is 19.3 Å². The van der Waals surface area contributed by atoms with Crippen LogP contribution in [-0.4, -0.2) is 21.5 Å². The molecular weight excluding hydrogens is 236 g/mol. The van der Waals surface area contributed by atoms with Gasteiger partial charge in [-0.3, -0.25) is 0 Å². The number of nitrogens with one attached hydrogen (secondary N) is 1. The van der Waals surface area contributed by atoms with Gasteiger partial charge >= 0.3 is 0 Å². The molecule has 0 atom stereocenters. The molecule has 2 aromatic heterocycles. The highest BCUT2D eigenvalue weighted by Crippen LogP contribution is 2.36. The van der Waals surface area contributed by atoms with Crippen LogP contribution in [0.1, 0.15) is 55.1 Å². The van der Waals surface area contributed by atoms with Crippen LogP contribution in [0.15, 0.2) is 6.20 Å². The summed E-state index contributed by atoms with van der Waals surface area (Å²) in [4.78, 5) is 12.6. The molecule has 1 fully saturated rings. The molecule has 19 heavy (non-hydrogen) atoms. The third-order valence-corrected chi connectivity index (χ3v) is 4.16. The van der Waals surface area contributed by atoms with E-state index in [1.165, 1.54) is 48.7 Å². The topological polar surface area (TPSA) is 67.6 Å². The van der Waals surface area contributed by atoms with Crippen molar-refractivity contribution in [3.8, 4) is 0 Å². The number of aromatic amines is 1. The molecule has 3 N–H and O–H groups in total. The van der Waals surface area contributed by atoms with Crippen molar-refractivity contribution >= 4 is 11.0 Å². The van der Waals surface area contributed by atoms with E-state index >= 15 is 0 Å². The molecule has 0 radical (unpaired) electrons. The first-order chi connectivity index (χ1) is 9.29. The van der Waals surface area contributed by atoms with Crippen LogP contribution in [-0.2, 0) is 6.42 Å². The zero-order valence-electron chi connectivity index (χ0n) is 11.6. The average Bonchev–Trinajstić information content (AvgIpc) is 2.82. The third kappa shape index (κ3) is 2.37. The molecule has 1 aliphatic rings. The second-order valence-electron chi connectivity index (χ2n) is 5.57. The van der Waals surface area contributed by atoms with Gasteiger partial charge in [0.15, 0.2) is 0 Å². The van der Waals surface area contributed by atoms with E-state index in [4.69, 9.17) is 10.7 Å². The molecule has 0 saturated heterocycles. The molecule has 4 nitrogen and oxygen atoms in total. The number of nitrogens with zero attached hydrogens (tertiary/aromatic N) is 2. The average molecular weight is 258 g/mol. The largest absolute Gasteiger partial charge is 0.346 e. The Bertz CT molecular complexity index is 567. The van der Waals surface area contributed by atoms with Gasteiger partial charge in [0.1, 0.15) is 11.5 Å². The van der Waals surface area contributed by atoms with Crippen LogP contribution in [0.4, 0.5) is 0 Å². The van der Waals surface area contributed by atoms with Crippen LogP contribution in [0.3, 0.4) is 0 Å². The van der Waals surface area contributed by atoms with E-state index in [9.17, 15) is 0 Å². The SMILES string of the molecule is Cc1nc(C2CCCCC2)c2c(CCN)c[nH]c2n1. The first-order valence-corrected chi connectivity index (χ1v) is 7.34. The van der Waals surface area contributed by atoms with Crippen LogP contribution in [0.25, 0.3) is 11.0 Å². The summed E-state index contributed by atoms with van der Waals surface area (Å²) in [6, 6.07) is 0. The van der Waals surface area contributed by atoms with Gasteiger partial charge in [-0.15, -0.1) is 0 Å². The van der Waals surface area contributed by atoms with Crippen molar-refractivity contribution in [2.24, 2.45) is 5.73 Å².